The maximum atomic E-state index is 12.1. The lowest BCUT2D eigenvalue weighted by Crippen LogP contribution is -2.30. The monoisotopic (exact) mass is 403 g/mol. The molecule has 0 aliphatic carbocycles. The maximum Gasteiger partial charge on any atom is 0.251 e. The van der Waals surface area contributed by atoms with Gasteiger partial charge >= 0.3 is 0 Å². The van der Waals surface area contributed by atoms with Crippen LogP contribution in [-0.2, 0) is 17.8 Å². The van der Waals surface area contributed by atoms with E-state index in [0.29, 0.717) is 6.42 Å². The van der Waals surface area contributed by atoms with Crippen LogP contribution >= 0.6 is 0 Å². The Morgan fingerprint density at radius 3 is 2.87 bits per heavy atom. The van der Waals surface area contributed by atoms with Crippen LogP contribution in [0.2, 0.25) is 0 Å². The molecule has 2 N–H and O–H groups in total. The lowest BCUT2D eigenvalue weighted by Gasteiger charge is -2.25. The fourth-order valence-corrected chi connectivity index (χ4v) is 3.68. The van der Waals surface area contributed by atoms with Crippen LogP contribution in [-0.4, -0.2) is 46.6 Å². The highest BCUT2D eigenvalue weighted by Crippen LogP contribution is 2.21. The standard InChI is InChI=1S/C23H25N5O2/c1-3-16-11-20-21(27-22(16)29)10-15(12-25-20)14-28-8-6-17(7-9-28)18-4-5-19(26-13-18)23(30)24-2/h4-6,8,10-13,19H,3,7,9,14H2,1-2H3,(H,24,30)(H,27,29). The van der Waals surface area contributed by atoms with Gasteiger partial charge in [-0.25, -0.2) is 0 Å². The molecule has 2 aromatic rings. The number of aliphatic imine (C=N–C) groups is 1. The zero-order valence-electron chi connectivity index (χ0n) is 17.2. The van der Waals surface area contributed by atoms with E-state index in [4.69, 9.17) is 0 Å². The smallest absolute Gasteiger partial charge is 0.251 e. The first-order valence-electron chi connectivity index (χ1n) is 10.2. The van der Waals surface area contributed by atoms with Crippen molar-refractivity contribution >= 4 is 23.2 Å². The summed E-state index contributed by atoms with van der Waals surface area (Å²) in [6, 6.07) is 3.43. The second-order valence-electron chi connectivity index (χ2n) is 7.47. The van der Waals surface area contributed by atoms with E-state index >= 15 is 0 Å². The average molecular weight is 403 g/mol. The fourth-order valence-electron chi connectivity index (χ4n) is 3.68. The number of H-pyrrole nitrogens is 1. The average Bonchev–Trinajstić information content (AvgIpc) is 2.78. The molecule has 4 rings (SSSR count). The molecule has 1 unspecified atom stereocenters. The second-order valence-corrected chi connectivity index (χ2v) is 7.47. The molecule has 1 amide bonds. The van der Waals surface area contributed by atoms with Crippen LogP contribution in [0.15, 0.2) is 63.7 Å². The van der Waals surface area contributed by atoms with Gasteiger partial charge in [0.25, 0.3) is 5.56 Å². The minimum absolute atomic E-state index is 0.0426. The van der Waals surface area contributed by atoms with Crippen molar-refractivity contribution in [2.45, 2.75) is 32.4 Å². The van der Waals surface area contributed by atoms with E-state index in [2.05, 4.69) is 37.5 Å². The highest BCUT2D eigenvalue weighted by Gasteiger charge is 2.16. The molecular weight excluding hydrogens is 378 g/mol. The highest BCUT2D eigenvalue weighted by molar-refractivity contribution is 5.92. The Morgan fingerprint density at radius 2 is 2.20 bits per heavy atom. The Kier molecular flexibility index (Phi) is 5.61. The number of dihydropyridines is 1. The second kappa shape index (κ2) is 8.49. The predicted molar refractivity (Wildman–Crippen MR) is 118 cm³/mol. The molecule has 7 nitrogen and oxygen atoms in total. The molecule has 0 fully saturated rings. The number of aromatic nitrogens is 2. The van der Waals surface area contributed by atoms with Crippen LogP contribution in [0.25, 0.3) is 11.0 Å². The van der Waals surface area contributed by atoms with Gasteiger partial charge < -0.3 is 15.2 Å². The van der Waals surface area contributed by atoms with Gasteiger partial charge in [-0.15, -0.1) is 0 Å². The predicted octanol–water partition coefficient (Wildman–Crippen LogP) is 2.26. The topological polar surface area (TPSA) is 90.4 Å². The SMILES string of the molecule is CCc1cc2ncc(CN3C=CC(=C4C=CC(C(=O)NC)N=C4)CC3)cc2[nH]c1=O. The Bertz CT molecular complexity index is 1140. The third-order valence-corrected chi connectivity index (χ3v) is 5.47. The molecule has 7 heteroatoms. The number of nitrogens with one attached hydrogen (secondary N) is 2. The molecule has 0 spiro atoms. The molecule has 0 bridgehead atoms. The summed E-state index contributed by atoms with van der Waals surface area (Å²) < 4.78 is 0. The number of aryl methyl sites for hydroxylation is 1. The summed E-state index contributed by atoms with van der Waals surface area (Å²) in [5.74, 6) is -0.104. The number of hydrogen-bond acceptors (Lipinski definition) is 5. The van der Waals surface area contributed by atoms with Gasteiger partial charge in [-0.3, -0.25) is 19.6 Å². The number of amides is 1. The van der Waals surface area contributed by atoms with E-state index < -0.39 is 6.04 Å². The molecule has 0 aromatic carbocycles. The largest absolute Gasteiger partial charge is 0.373 e. The first kappa shape index (κ1) is 19.8. The Balaban J connectivity index is 1.46. The number of rotatable bonds is 4. The van der Waals surface area contributed by atoms with Crippen LogP contribution in [0.4, 0.5) is 0 Å². The van der Waals surface area contributed by atoms with E-state index in [1.165, 1.54) is 5.57 Å². The van der Waals surface area contributed by atoms with Gasteiger partial charge in [0.1, 0.15) is 6.04 Å². The Morgan fingerprint density at radius 1 is 1.33 bits per heavy atom. The number of carbonyl (C=O) groups is 1. The first-order valence-corrected chi connectivity index (χ1v) is 10.2. The lowest BCUT2D eigenvalue weighted by atomic mass is 10.00. The minimum atomic E-state index is -0.441. The molecular formula is C23H25N5O2. The van der Waals surface area contributed by atoms with Crippen molar-refractivity contribution in [1.82, 2.24) is 20.2 Å². The van der Waals surface area contributed by atoms with Crippen molar-refractivity contribution in [3.05, 3.63) is 75.4 Å². The van der Waals surface area contributed by atoms with Gasteiger partial charge in [-0.2, -0.15) is 0 Å². The number of pyridine rings is 2. The molecule has 0 radical (unpaired) electrons. The Hall–Kier alpha value is -3.48. The zero-order chi connectivity index (χ0) is 21.1. The number of hydrogen-bond donors (Lipinski definition) is 2. The van der Waals surface area contributed by atoms with Crippen LogP contribution in [0.5, 0.6) is 0 Å². The van der Waals surface area contributed by atoms with Gasteiger partial charge in [-0.05, 0) is 54.0 Å². The van der Waals surface area contributed by atoms with E-state index in [1.807, 2.05) is 37.4 Å². The normalized spacial score (nSPS) is 20.7. The van der Waals surface area contributed by atoms with Crippen molar-refractivity contribution in [2.75, 3.05) is 13.6 Å². The number of likely N-dealkylation sites (N-methyl/N-ethyl adjacent to an activating group) is 1. The molecule has 1 atom stereocenters. The van der Waals surface area contributed by atoms with Gasteiger partial charge in [0.05, 0.1) is 11.0 Å². The molecule has 0 saturated heterocycles. The Labute approximate surface area is 174 Å². The molecule has 30 heavy (non-hydrogen) atoms. The third-order valence-electron chi connectivity index (χ3n) is 5.47. The molecule has 2 aromatic heterocycles. The number of fused-ring (bicyclic) bond motifs is 1. The first-order chi connectivity index (χ1) is 14.6. The summed E-state index contributed by atoms with van der Waals surface area (Å²) in [5, 5.41) is 2.61. The van der Waals surface area contributed by atoms with E-state index in [0.717, 1.165) is 47.2 Å². The van der Waals surface area contributed by atoms with Crippen LogP contribution in [0.3, 0.4) is 0 Å². The fraction of sp³-hybridized carbons (Fsp3) is 0.304. The van der Waals surface area contributed by atoms with Crippen molar-refractivity contribution < 1.29 is 4.79 Å². The number of allylic oxidation sites excluding steroid dienone is 3. The van der Waals surface area contributed by atoms with Crippen molar-refractivity contribution in [3.8, 4) is 0 Å². The summed E-state index contributed by atoms with van der Waals surface area (Å²) in [7, 11) is 1.61. The summed E-state index contributed by atoms with van der Waals surface area (Å²) in [6.45, 7) is 3.56. The zero-order valence-corrected chi connectivity index (χ0v) is 17.2. The molecule has 2 aliphatic rings. The van der Waals surface area contributed by atoms with Crippen LogP contribution in [0, 0.1) is 0 Å². The minimum Gasteiger partial charge on any atom is -0.373 e. The third kappa shape index (κ3) is 4.10. The van der Waals surface area contributed by atoms with Crippen molar-refractivity contribution in [3.63, 3.8) is 0 Å². The lowest BCUT2D eigenvalue weighted by molar-refractivity contribution is -0.120. The molecule has 0 saturated carbocycles. The van der Waals surface area contributed by atoms with Crippen molar-refractivity contribution in [1.29, 1.82) is 0 Å². The number of nitrogens with zero attached hydrogens (tertiary/aromatic N) is 3. The van der Waals surface area contributed by atoms with E-state index in [1.54, 1.807) is 13.3 Å². The maximum absolute atomic E-state index is 12.1. The quantitative estimate of drug-likeness (QED) is 0.819. The summed E-state index contributed by atoms with van der Waals surface area (Å²) in [5.41, 5.74) is 5.60. The summed E-state index contributed by atoms with van der Waals surface area (Å²) in [6.07, 6.45) is 13.2. The number of carbonyl (C=O) groups excluding carboxylic acids is 1. The van der Waals surface area contributed by atoms with E-state index in [-0.39, 0.29) is 11.5 Å². The molecule has 154 valence electrons. The van der Waals surface area contributed by atoms with Crippen LogP contribution < -0.4 is 10.9 Å². The number of aromatic amines is 1. The van der Waals surface area contributed by atoms with Gasteiger partial charge in [0.15, 0.2) is 0 Å². The highest BCUT2D eigenvalue weighted by atomic mass is 16.2. The van der Waals surface area contributed by atoms with Crippen LogP contribution in [0.1, 0.15) is 24.5 Å². The van der Waals surface area contributed by atoms with Crippen molar-refractivity contribution in [2.24, 2.45) is 4.99 Å². The van der Waals surface area contributed by atoms with Gasteiger partial charge in [0, 0.05) is 38.1 Å². The summed E-state index contributed by atoms with van der Waals surface area (Å²) >= 11 is 0. The van der Waals surface area contributed by atoms with Gasteiger partial charge in [-0.1, -0.05) is 19.1 Å². The van der Waals surface area contributed by atoms with Gasteiger partial charge in [0.2, 0.25) is 5.91 Å². The molecule has 2 aliphatic heterocycles. The molecule has 4 heterocycles. The summed E-state index contributed by atoms with van der Waals surface area (Å²) in [4.78, 5) is 37.8. The van der Waals surface area contributed by atoms with E-state index in [9.17, 15) is 9.59 Å².